The summed E-state index contributed by atoms with van der Waals surface area (Å²) >= 11 is 21.2. The molecule has 2 saturated carbocycles. The van der Waals surface area contributed by atoms with Crippen LogP contribution < -0.4 is 0 Å². The zero-order valence-corrected chi connectivity index (χ0v) is 13.3. The van der Waals surface area contributed by atoms with E-state index in [0.717, 1.165) is 30.9 Å². The summed E-state index contributed by atoms with van der Waals surface area (Å²) in [6.45, 7) is 2.25. The van der Waals surface area contributed by atoms with Crippen LogP contribution in [-0.4, -0.2) is 26.6 Å². The quantitative estimate of drug-likeness (QED) is 0.624. The Morgan fingerprint density at radius 3 is 1.94 bits per heavy atom. The zero-order valence-electron chi connectivity index (χ0n) is 10.2. The second kappa shape index (κ2) is 6.59. The number of halogens is 3. The third-order valence-corrected chi connectivity index (χ3v) is 7.38. The maximum absolute atomic E-state index is 6.49. The molecule has 0 saturated heterocycles. The molecule has 0 nitrogen and oxygen atoms in total. The molecule has 0 radical (unpaired) electrons. The Hall–Kier alpha value is 1.22. The topological polar surface area (TPSA) is 0 Å². The first-order chi connectivity index (χ1) is 8.06. The number of rotatable bonds is 2. The van der Waals surface area contributed by atoms with E-state index in [1.54, 1.807) is 0 Å². The van der Waals surface area contributed by atoms with E-state index in [0.29, 0.717) is 16.5 Å². The van der Waals surface area contributed by atoms with E-state index in [1.807, 2.05) is 11.8 Å². The molecule has 0 amide bonds. The molecule has 2 rings (SSSR count). The van der Waals surface area contributed by atoms with E-state index in [1.165, 1.54) is 12.8 Å². The molecular formula is C13H21Cl3S. The molecule has 0 aromatic rings. The molecule has 2 fully saturated rings. The van der Waals surface area contributed by atoms with Gasteiger partial charge in [-0.1, -0.05) is 6.92 Å². The highest BCUT2D eigenvalue weighted by Crippen LogP contribution is 2.43. The molecule has 0 aromatic carbocycles. The summed E-state index contributed by atoms with van der Waals surface area (Å²) in [5.74, 6) is 0.676. The van der Waals surface area contributed by atoms with Gasteiger partial charge in [0, 0.05) is 26.6 Å². The van der Waals surface area contributed by atoms with E-state index >= 15 is 0 Å². The Kier molecular flexibility index (Phi) is 5.67. The van der Waals surface area contributed by atoms with E-state index in [-0.39, 0.29) is 10.8 Å². The first-order valence-corrected chi connectivity index (χ1v) is 8.89. The van der Waals surface area contributed by atoms with Crippen molar-refractivity contribution in [3.8, 4) is 0 Å². The van der Waals surface area contributed by atoms with Crippen LogP contribution in [0.1, 0.15) is 45.4 Å². The van der Waals surface area contributed by atoms with Crippen LogP contribution >= 0.6 is 46.6 Å². The van der Waals surface area contributed by atoms with E-state index in [9.17, 15) is 0 Å². The second-order valence-corrected chi connectivity index (χ2v) is 8.80. The van der Waals surface area contributed by atoms with Crippen molar-refractivity contribution in [2.45, 2.75) is 72.1 Å². The number of alkyl halides is 3. The second-order valence-electron chi connectivity index (χ2n) is 5.58. The van der Waals surface area contributed by atoms with Gasteiger partial charge in [-0.3, -0.25) is 0 Å². The van der Waals surface area contributed by atoms with Crippen LogP contribution in [0.25, 0.3) is 0 Å². The lowest BCUT2D eigenvalue weighted by molar-refractivity contribution is 0.401. The minimum absolute atomic E-state index is 0.250. The van der Waals surface area contributed by atoms with Crippen LogP contribution in [-0.2, 0) is 0 Å². The van der Waals surface area contributed by atoms with Crippen LogP contribution in [0.2, 0.25) is 0 Å². The standard InChI is InChI=1S/C13H21Cl3S/c1-8-6-11(15)13(12(16)7-8)17-10-4-2-9(14)3-5-10/h8-13H,2-7H2,1H3. The van der Waals surface area contributed by atoms with Crippen molar-refractivity contribution < 1.29 is 0 Å². The molecule has 17 heavy (non-hydrogen) atoms. The van der Waals surface area contributed by atoms with Gasteiger partial charge in [-0.05, 0) is 44.4 Å². The van der Waals surface area contributed by atoms with Crippen molar-refractivity contribution in [1.82, 2.24) is 0 Å². The number of hydrogen-bond acceptors (Lipinski definition) is 1. The SMILES string of the molecule is CC1CC(Cl)C(SC2CCC(Cl)CC2)C(Cl)C1. The molecule has 2 aliphatic carbocycles. The van der Waals surface area contributed by atoms with Gasteiger partial charge >= 0.3 is 0 Å². The molecule has 2 atom stereocenters. The fraction of sp³-hybridized carbons (Fsp3) is 1.00. The highest BCUT2D eigenvalue weighted by atomic mass is 35.5. The predicted octanol–water partition coefficient (Wildman–Crippen LogP) is 5.28. The van der Waals surface area contributed by atoms with Gasteiger partial charge in [0.2, 0.25) is 0 Å². The van der Waals surface area contributed by atoms with Crippen LogP contribution in [0, 0.1) is 5.92 Å². The maximum atomic E-state index is 6.49. The Bertz CT molecular complexity index is 229. The highest BCUT2D eigenvalue weighted by molar-refractivity contribution is 8.00. The lowest BCUT2D eigenvalue weighted by Gasteiger charge is -2.37. The van der Waals surface area contributed by atoms with Crippen LogP contribution in [0.3, 0.4) is 0 Å². The largest absolute Gasteiger partial charge is 0.152 e. The van der Waals surface area contributed by atoms with Crippen LogP contribution in [0.15, 0.2) is 0 Å². The summed E-state index contributed by atoms with van der Waals surface area (Å²) in [7, 11) is 0. The first kappa shape index (κ1) is 14.6. The van der Waals surface area contributed by atoms with Gasteiger partial charge in [0.25, 0.3) is 0 Å². The highest BCUT2D eigenvalue weighted by Gasteiger charge is 2.36. The van der Waals surface area contributed by atoms with Crippen LogP contribution in [0.4, 0.5) is 0 Å². The molecule has 4 heteroatoms. The maximum Gasteiger partial charge on any atom is 0.0471 e. The molecule has 2 unspecified atom stereocenters. The van der Waals surface area contributed by atoms with Gasteiger partial charge in [-0.15, -0.1) is 34.8 Å². The van der Waals surface area contributed by atoms with Crippen molar-refractivity contribution in [2.24, 2.45) is 5.92 Å². The van der Waals surface area contributed by atoms with Gasteiger partial charge in [0.15, 0.2) is 0 Å². The summed E-state index contributed by atoms with van der Waals surface area (Å²) in [5.41, 5.74) is 0. The molecule has 2 aliphatic rings. The summed E-state index contributed by atoms with van der Waals surface area (Å²) in [6, 6.07) is 0. The molecular weight excluding hydrogens is 295 g/mol. The van der Waals surface area contributed by atoms with E-state index < -0.39 is 0 Å². The molecule has 0 aromatic heterocycles. The number of hydrogen-bond donors (Lipinski definition) is 0. The summed E-state index contributed by atoms with van der Waals surface area (Å²) in [6.07, 6.45) is 7.02. The normalized spacial score (nSPS) is 48.0. The smallest absolute Gasteiger partial charge is 0.0471 e. The Morgan fingerprint density at radius 2 is 1.41 bits per heavy atom. The Morgan fingerprint density at radius 1 is 0.882 bits per heavy atom. The molecule has 0 aliphatic heterocycles. The average molecular weight is 316 g/mol. The molecule has 100 valence electrons. The minimum atomic E-state index is 0.250. The van der Waals surface area contributed by atoms with Crippen molar-refractivity contribution >= 4 is 46.6 Å². The third kappa shape index (κ3) is 4.09. The Labute approximate surface area is 124 Å². The predicted molar refractivity (Wildman–Crippen MR) is 81.0 cm³/mol. The lowest BCUT2D eigenvalue weighted by atomic mass is 9.90. The molecule has 0 heterocycles. The van der Waals surface area contributed by atoms with Gasteiger partial charge in [-0.25, -0.2) is 0 Å². The number of thioether (sulfide) groups is 1. The zero-order chi connectivity index (χ0) is 12.4. The Balaban J connectivity index is 1.85. The molecule has 0 bridgehead atoms. The third-order valence-electron chi connectivity index (χ3n) is 3.92. The van der Waals surface area contributed by atoms with Crippen molar-refractivity contribution in [3.63, 3.8) is 0 Å². The average Bonchev–Trinajstić information content (AvgIpc) is 2.26. The minimum Gasteiger partial charge on any atom is -0.152 e. The summed E-state index contributed by atoms with van der Waals surface area (Å²) < 4.78 is 0. The van der Waals surface area contributed by atoms with Gasteiger partial charge in [-0.2, -0.15) is 11.8 Å². The fourth-order valence-corrected chi connectivity index (χ4v) is 6.11. The monoisotopic (exact) mass is 314 g/mol. The van der Waals surface area contributed by atoms with Crippen molar-refractivity contribution in [3.05, 3.63) is 0 Å². The van der Waals surface area contributed by atoms with Gasteiger partial charge < -0.3 is 0 Å². The first-order valence-electron chi connectivity index (χ1n) is 6.64. The molecule has 0 spiro atoms. The van der Waals surface area contributed by atoms with Gasteiger partial charge in [0.05, 0.1) is 0 Å². The van der Waals surface area contributed by atoms with E-state index in [2.05, 4.69) is 6.92 Å². The van der Waals surface area contributed by atoms with Crippen molar-refractivity contribution in [2.75, 3.05) is 0 Å². The van der Waals surface area contributed by atoms with Crippen LogP contribution in [0.5, 0.6) is 0 Å². The van der Waals surface area contributed by atoms with Gasteiger partial charge in [0.1, 0.15) is 0 Å². The fourth-order valence-electron chi connectivity index (χ4n) is 2.91. The van der Waals surface area contributed by atoms with E-state index in [4.69, 9.17) is 34.8 Å². The summed E-state index contributed by atoms with van der Waals surface area (Å²) in [5, 5.41) is 2.06. The lowest BCUT2D eigenvalue weighted by Crippen LogP contribution is -2.37. The summed E-state index contributed by atoms with van der Waals surface area (Å²) in [4.78, 5) is 0. The van der Waals surface area contributed by atoms with Crippen molar-refractivity contribution in [1.29, 1.82) is 0 Å². The molecule has 0 N–H and O–H groups in total.